The van der Waals surface area contributed by atoms with Crippen molar-refractivity contribution in [2.24, 2.45) is 4.99 Å². The van der Waals surface area contributed by atoms with Crippen molar-refractivity contribution in [3.63, 3.8) is 0 Å². The van der Waals surface area contributed by atoms with E-state index in [-0.39, 0.29) is 22.3 Å². The van der Waals surface area contributed by atoms with Gasteiger partial charge < -0.3 is 5.11 Å². The molecule has 140 valence electrons. The van der Waals surface area contributed by atoms with E-state index >= 15 is 0 Å². The van der Waals surface area contributed by atoms with Gasteiger partial charge in [-0.1, -0.05) is 19.1 Å². The molecule has 2 N–H and O–H groups in total. The van der Waals surface area contributed by atoms with Gasteiger partial charge >= 0.3 is 0 Å². The van der Waals surface area contributed by atoms with Crippen LogP contribution in [-0.2, 0) is 6.54 Å². The minimum Gasteiger partial charge on any atom is -0.494 e. The average Bonchev–Trinajstić information content (AvgIpc) is 3.15. The van der Waals surface area contributed by atoms with Crippen molar-refractivity contribution < 1.29 is 5.11 Å². The molecule has 0 radical (unpaired) electrons. The van der Waals surface area contributed by atoms with Crippen LogP contribution in [-0.4, -0.2) is 35.6 Å². The molecule has 0 fully saturated rings. The number of aromatic nitrogens is 5. The van der Waals surface area contributed by atoms with Gasteiger partial charge in [0.05, 0.1) is 12.2 Å². The Hall–Kier alpha value is -3.07. The van der Waals surface area contributed by atoms with Gasteiger partial charge in [-0.25, -0.2) is 9.67 Å². The summed E-state index contributed by atoms with van der Waals surface area (Å²) < 4.78 is 3.44. The summed E-state index contributed by atoms with van der Waals surface area (Å²) >= 11 is 5.16. The van der Waals surface area contributed by atoms with Crippen molar-refractivity contribution in [2.45, 2.75) is 32.9 Å². The van der Waals surface area contributed by atoms with E-state index in [4.69, 9.17) is 12.2 Å². The monoisotopic (exact) mass is 384 g/mol. The first-order valence-corrected chi connectivity index (χ1v) is 8.93. The minimum absolute atomic E-state index is 0.0439. The van der Waals surface area contributed by atoms with Gasteiger partial charge in [-0.3, -0.25) is 19.3 Å². The highest BCUT2D eigenvalue weighted by molar-refractivity contribution is 7.71. The number of hydrogen-bond acceptors (Lipinski definition) is 6. The summed E-state index contributed by atoms with van der Waals surface area (Å²) in [7, 11) is 0. The highest BCUT2D eigenvalue weighted by atomic mass is 32.1. The Kier molecular flexibility index (Phi) is 5.60. The molecule has 1 aromatic carbocycles. The predicted molar refractivity (Wildman–Crippen MR) is 105 cm³/mol. The fraction of sp³-hybridized carbons (Fsp3) is 0.278. The number of nitrogens with one attached hydrogen (secondary N) is 1. The molecule has 0 bridgehead atoms. The number of aromatic amines is 1. The van der Waals surface area contributed by atoms with E-state index in [9.17, 15) is 9.90 Å². The van der Waals surface area contributed by atoms with Gasteiger partial charge in [0.1, 0.15) is 18.2 Å². The van der Waals surface area contributed by atoms with E-state index in [1.807, 2.05) is 38.1 Å². The summed E-state index contributed by atoms with van der Waals surface area (Å²) in [6, 6.07) is 7.46. The molecule has 1 unspecified atom stereocenters. The molecule has 2 heterocycles. The smallest absolute Gasteiger partial charge is 0.264 e. The molecule has 3 aromatic rings. The molecule has 2 aromatic heterocycles. The second-order valence-electron chi connectivity index (χ2n) is 6.14. The number of nitrogens with zero attached hydrogens (tertiary/aromatic N) is 5. The van der Waals surface area contributed by atoms with Crippen LogP contribution in [0.1, 0.15) is 37.4 Å². The number of aliphatic imine (C=N–C) groups is 1. The zero-order valence-electron chi connectivity index (χ0n) is 15.0. The first kappa shape index (κ1) is 18.7. The van der Waals surface area contributed by atoms with Crippen molar-refractivity contribution >= 4 is 24.1 Å². The van der Waals surface area contributed by atoms with E-state index in [0.717, 1.165) is 12.0 Å². The van der Waals surface area contributed by atoms with Crippen LogP contribution in [0.5, 0.6) is 5.88 Å². The van der Waals surface area contributed by atoms with Crippen LogP contribution in [0, 0.1) is 4.77 Å². The first-order chi connectivity index (χ1) is 13.0. The van der Waals surface area contributed by atoms with Gasteiger partial charge in [-0.15, -0.1) is 0 Å². The van der Waals surface area contributed by atoms with E-state index in [1.54, 1.807) is 11.0 Å². The third-order valence-corrected chi connectivity index (χ3v) is 4.57. The molecule has 8 nitrogen and oxygen atoms in total. The van der Waals surface area contributed by atoms with Crippen LogP contribution in [0.25, 0.3) is 0 Å². The largest absolute Gasteiger partial charge is 0.494 e. The van der Waals surface area contributed by atoms with E-state index in [1.165, 1.54) is 17.1 Å². The Labute approximate surface area is 160 Å². The third kappa shape index (κ3) is 4.20. The fourth-order valence-electron chi connectivity index (χ4n) is 2.59. The first-order valence-electron chi connectivity index (χ1n) is 8.52. The quantitative estimate of drug-likeness (QED) is 0.503. The molecule has 0 spiro atoms. The summed E-state index contributed by atoms with van der Waals surface area (Å²) in [4.78, 5) is 23.0. The maximum Gasteiger partial charge on any atom is 0.264 e. The lowest BCUT2D eigenvalue weighted by Gasteiger charge is -2.16. The number of benzene rings is 1. The lowest BCUT2D eigenvalue weighted by molar-refractivity contribution is 0.371. The van der Waals surface area contributed by atoms with Crippen LogP contribution in [0.4, 0.5) is 5.69 Å². The standard InChI is InChI=1S/C18H20N6O2S/c1-3-12(2)24-17(26)15(16(25)22-18(24)27)8-20-14-6-4-13(5-7-14)9-23-11-19-10-21-23/h4-8,10-12,26H,3,9H2,1-2H3,(H,22,25,27). The summed E-state index contributed by atoms with van der Waals surface area (Å²) in [5.41, 5.74) is 1.32. The Morgan fingerprint density at radius 1 is 1.37 bits per heavy atom. The van der Waals surface area contributed by atoms with Crippen molar-refractivity contribution in [1.29, 1.82) is 0 Å². The number of rotatable bonds is 6. The van der Waals surface area contributed by atoms with E-state index in [0.29, 0.717) is 12.2 Å². The van der Waals surface area contributed by atoms with Crippen molar-refractivity contribution in [1.82, 2.24) is 24.3 Å². The number of H-pyrrole nitrogens is 1. The van der Waals surface area contributed by atoms with Gasteiger partial charge in [-0.2, -0.15) is 5.10 Å². The van der Waals surface area contributed by atoms with Gasteiger partial charge in [0.2, 0.25) is 5.88 Å². The lowest BCUT2D eigenvalue weighted by atomic mass is 10.2. The molecule has 27 heavy (non-hydrogen) atoms. The van der Waals surface area contributed by atoms with Crippen LogP contribution < -0.4 is 5.56 Å². The highest BCUT2D eigenvalue weighted by Crippen LogP contribution is 2.21. The highest BCUT2D eigenvalue weighted by Gasteiger charge is 2.14. The Morgan fingerprint density at radius 3 is 2.74 bits per heavy atom. The second kappa shape index (κ2) is 8.09. The molecule has 0 amide bonds. The topological polar surface area (TPSA) is 101 Å². The predicted octanol–water partition coefficient (Wildman–Crippen LogP) is 2.97. The zero-order chi connectivity index (χ0) is 19.4. The third-order valence-electron chi connectivity index (χ3n) is 4.27. The SMILES string of the molecule is CCC(C)n1c(O)c(C=Nc2ccc(Cn3cncn3)cc2)c(=O)[nH]c1=S. The summed E-state index contributed by atoms with van der Waals surface area (Å²) in [6.07, 6.45) is 5.25. The Balaban J connectivity index is 1.85. The van der Waals surface area contributed by atoms with Gasteiger partial charge in [0.25, 0.3) is 5.56 Å². The van der Waals surface area contributed by atoms with E-state index < -0.39 is 5.56 Å². The molecule has 3 rings (SSSR count). The molecular weight excluding hydrogens is 364 g/mol. The maximum atomic E-state index is 12.2. The second-order valence-corrected chi connectivity index (χ2v) is 6.53. The summed E-state index contributed by atoms with van der Waals surface area (Å²) in [5, 5.41) is 14.6. The van der Waals surface area contributed by atoms with E-state index in [2.05, 4.69) is 20.1 Å². The molecule has 0 aliphatic heterocycles. The molecule has 0 saturated carbocycles. The van der Waals surface area contributed by atoms with Crippen LogP contribution in [0.2, 0.25) is 0 Å². The molecule has 0 aliphatic carbocycles. The van der Waals surface area contributed by atoms with Crippen LogP contribution >= 0.6 is 12.2 Å². The Morgan fingerprint density at radius 2 is 2.11 bits per heavy atom. The van der Waals surface area contributed by atoms with Gasteiger partial charge in [-0.05, 0) is 43.3 Å². The van der Waals surface area contributed by atoms with Crippen LogP contribution in [0.3, 0.4) is 0 Å². The minimum atomic E-state index is -0.469. The van der Waals surface area contributed by atoms with Crippen LogP contribution in [0.15, 0.2) is 46.7 Å². The number of aromatic hydroxyl groups is 1. The van der Waals surface area contributed by atoms with Crippen molar-refractivity contribution in [3.05, 3.63) is 63.2 Å². The summed E-state index contributed by atoms with van der Waals surface area (Å²) in [6.45, 7) is 4.51. The molecule has 1 atom stereocenters. The molecule has 0 aliphatic rings. The Bertz CT molecular complexity index is 1050. The molecular formula is C18H20N6O2S. The van der Waals surface area contributed by atoms with Gasteiger partial charge in [0, 0.05) is 12.3 Å². The average molecular weight is 384 g/mol. The van der Waals surface area contributed by atoms with Crippen molar-refractivity contribution in [3.8, 4) is 5.88 Å². The number of hydrogen-bond donors (Lipinski definition) is 2. The maximum absolute atomic E-state index is 12.2. The zero-order valence-corrected chi connectivity index (χ0v) is 15.8. The molecule has 9 heteroatoms. The van der Waals surface area contributed by atoms with Crippen molar-refractivity contribution in [2.75, 3.05) is 0 Å². The fourth-order valence-corrected chi connectivity index (χ4v) is 2.95. The summed E-state index contributed by atoms with van der Waals surface area (Å²) in [5.74, 6) is -0.176. The normalized spacial score (nSPS) is 12.5. The van der Waals surface area contributed by atoms with Gasteiger partial charge in [0.15, 0.2) is 4.77 Å². The lowest BCUT2D eigenvalue weighted by Crippen LogP contribution is -2.20. The molecule has 0 saturated heterocycles.